The Morgan fingerprint density at radius 3 is 2.43 bits per heavy atom. The number of hydrogen-bond donors (Lipinski definition) is 1. The van der Waals surface area contributed by atoms with Crippen LogP contribution in [0.3, 0.4) is 0 Å². The standard InChI is InChI=1S/C28H31F3N4O2/c1-16-12-21(15-27(4,5)14-16)35-24-11-6-19(25-17(2)34-37-18(25)3)13-23(24)33-26(35)32-20-7-9-22(10-8-20)36-28(29,30)31/h6-11,13,16,21H,12,14-15H2,1-5H3,(H,32,33)/t16-,21+/m1/s1. The van der Waals surface area contributed by atoms with E-state index in [0.29, 0.717) is 17.6 Å². The molecule has 0 saturated heterocycles. The average molecular weight is 513 g/mol. The van der Waals surface area contributed by atoms with E-state index in [1.54, 1.807) is 12.1 Å². The van der Waals surface area contributed by atoms with Crippen LogP contribution in [0.15, 0.2) is 47.0 Å². The van der Waals surface area contributed by atoms with Gasteiger partial charge in [0.05, 0.1) is 16.7 Å². The second kappa shape index (κ2) is 9.11. The summed E-state index contributed by atoms with van der Waals surface area (Å²) in [6.45, 7) is 10.7. The highest BCUT2D eigenvalue weighted by Gasteiger charge is 2.35. The molecule has 196 valence electrons. The Kier molecular flexibility index (Phi) is 6.20. The van der Waals surface area contributed by atoms with Gasteiger partial charge in [-0.3, -0.25) is 0 Å². The molecule has 2 heterocycles. The Bertz CT molecular complexity index is 1400. The molecule has 0 unspecified atom stereocenters. The van der Waals surface area contributed by atoms with Gasteiger partial charge in [-0.15, -0.1) is 13.2 Å². The zero-order chi connectivity index (χ0) is 26.5. The minimum atomic E-state index is -4.73. The number of ether oxygens (including phenoxy) is 1. The molecule has 0 bridgehead atoms. The summed E-state index contributed by atoms with van der Waals surface area (Å²) >= 11 is 0. The van der Waals surface area contributed by atoms with Gasteiger partial charge in [0.1, 0.15) is 11.5 Å². The van der Waals surface area contributed by atoms with Gasteiger partial charge in [-0.05, 0) is 86.4 Å². The fourth-order valence-electron chi connectivity index (χ4n) is 5.97. The molecule has 6 nitrogen and oxygen atoms in total. The van der Waals surface area contributed by atoms with Crippen molar-refractivity contribution in [2.75, 3.05) is 5.32 Å². The van der Waals surface area contributed by atoms with Crippen molar-refractivity contribution in [2.24, 2.45) is 11.3 Å². The molecule has 37 heavy (non-hydrogen) atoms. The Labute approximate surface area is 213 Å². The van der Waals surface area contributed by atoms with Crippen LogP contribution in [0, 0.1) is 25.2 Å². The highest BCUT2D eigenvalue weighted by molar-refractivity contribution is 5.86. The minimum Gasteiger partial charge on any atom is -0.406 e. The molecule has 9 heteroatoms. The van der Waals surface area contributed by atoms with Crippen LogP contribution < -0.4 is 10.1 Å². The normalized spacial score (nSPS) is 19.8. The first-order valence-electron chi connectivity index (χ1n) is 12.5. The van der Waals surface area contributed by atoms with Crippen molar-refractivity contribution >= 4 is 22.7 Å². The number of benzene rings is 2. The van der Waals surface area contributed by atoms with Crippen LogP contribution in [0.25, 0.3) is 22.2 Å². The molecule has 1 fully saturated rings. The molecule has 2 aromatic carbocycles. The number of aromatic nitrogens is 3. The number of rotatable bonds is 5. The van der Waals surface area contributed by atoms with E-state index in [4.69, 9.17) is 9.51 Å². The van der Waals surface area contributed by atoms with Crippen molar-refractivity contribution in [3.8, 4) is 16.9 Å². The lowest BCUT2D eigenvalue weighted by Gasteiger charge is -2.40. The van der Waals surface area contributed by atoms with E-state index in [-0.39, 0.29) is 17.2 Å². The molecular weight excluding hydrogens is 481 g/mol. The SMILES string of the molecule is Cc1noc(C)c1-c1ccc2c(c1)nc(Nc1ccc(OC(F)(F)F)cc1)n2[C@H]1C[C@@H](C)CC(C)(C)C1. The Balaban J connectivity index is 1.56. The quantitative estimate of drug-likeness (QED) is 0.291. The zero-order valence-electron chi connectivity index (χ0n) is 21.6. The molecule has 2 atom stereocenters. The number of nitrogens with one attached hydrogen (secondary N) is 1. The Morgan fingerprint density at radius 1 is 1.08 bits per heavy atom. The highest BCUT2D eigenvalue weighted by Crippen LogP contribution is 2.46. The van der Waals surface area contributed by atoms with E-state index in [9.17, 15) is 13.2 Å². The number of alkyl halides is 3. The number of anilines is 2. The third-order valence-electron chi connectivity index (χ3n) is 7.08. The molecule has 1 N–H and O–H groups in total. The molecule has 2 aromatic heterocycles. The van der Waals surface area contributed by atoms with Crippen LogP contribution in [0.5, 0.6) is 5.75 Å². The van der Waals surface area contributed by atoms with Crippen LogP contribution in [-0.4, -0.2) is 21.1 Å². The molecule has 0 aliphatic heterocycles. The molecule has 5 rings (SSSR count). The van der Waals surface area contributed by atoms with E-state index in [0.717, 1.165) is 52.9 Å². The Hall–Kier alpha value is -3.49. The molecule has 0 spiro atoms. The molecular formula is C28H31F3N4O2. The van der Waals surface area contributed by atoms with Crippen molar-refractivity contribution in [1.82, 2.24) is 14.7 Å². The smallest absolute Gasteiger partial charge is 0.406 e. The topological polar surface area (TPSA) is 65.1 Å². The second-order valence-electron chi connectivity index (χ2n) is 11.0. The van der Waals surface area contributed by atoms with Crippen molar-refractivity contribution in [3.05, 3.63) is 53.9 Å². The summed E-state index contributed by atoms with van der Waals surface area (Å²) in [5.41, 5.74) is 5.39. The van der Waals surface area contributed by atoms with Gasteiger partial charge in [0, 0.05) is 17.3 Å². The average Bonchev–Trinajstić information content (AvgIpc) is 3.30. The van der Waals surface area contributed by atoms with E-state index in [1.165, 1.54) is 12.1 Å². The van der Waals surface area contributed by atoms with Gasteiger partial charge in [0.15, 0.2) is 0 Å². The van der Waals surface area contributed by atoms with Crippen LogP contribution in [0.1, 0.15) is 57.5 Å². The minimum absolute atomic E-state index is 0.184. The summed E-state index contributed by atoms with van der Waals surface area (Å²) in [6, 6.07) is 12.1. The van der Waals surface area contributed by atoms with Gasteiger partial charge in [-0.25, -0.2) is 4.98 Å². The predicted octanol–water partition coefficient (Wildman–Crippen LogP) is 8.34. The van der Waals surface area contributed by atoms with Crippen LogP contribution in [0.2, 0.25) is 0 Å². The van der Waals surface area contributed by atoms with Crippen LogP contribution in [0.4, 0.5) is 24.8 Å². The van der Waals surface area contributed by atoms with Gasteiger partial charge in [-0.1, -0.05) is 32.0 Å². The summed E-state index contributed by atoms with van der Waals surface area (Å²) < 4.78 is 49.4. The van der Waals surface area contributed by atoms with Gasteiger partial charge in [0.2, 0.25) is 5.95 Å². The van der Waals surface area contributed by atoms with Crippen molar-refractivity contribution in [3.63, 3.8) is 0 Å². The summed E-state index contributed by atoms with van der Waals surface area (Å²) in [5, 5.41) is 7.44. The maximum absolute atomic E-state index is 12.6. The lowest BCUT2D eigenvalue weighted by Crippen LogP contribution is -2.29. The second-order valence-corrected chi connectivity index (χ2v) is 11.0. The lowest BCUT2D eigenvalue weighted by atomic mass is 9.70. The van der Waals surface area contributed by atoms with Gasteiger partial charge in [0.25, 0.3) is 0 Å². The fourth-order valence-corrected chi connectivity index (χ4v) is 5.97. The maximum atomic E-state index is 12.6. The van der Waals surface area contributed by atoms with E-state index >= 15 is 0 Å². The number of fused-ring (bicyclic) bond motifs is 1. The number of halogens is 3. The molecule has 1 aliphatic rings. The molecule has 0 radical (unpaired) electrons. The van der Waals surface area contributed by atoms with Gasteiger partial charge in [-0.2, -0.15) is 0 Å². The fraction of sp³-hybridized carbons (Fsp3) is 0.429. The molecule has 1 saturated carbocycles. The zero-order valence-corrected chi connectivity index (χ0v) is 21.6. The van der Waals surface area contributed by atoms with Gasteiger partial charge >= 0.3 is 6.36 Å². The van der Waals surface area contributed by atoms with Crippen molar-refractivity contribution in [2.45, 2.75) is 66.3 Å². The van der Waals surface area contributed by atoms with Crippen LogP contribution in [-0.2, 0) is 0 Å². The van der Waals surface area contributed by atoms with E-state index in [2.05, 4.69) is 52.7 Å². The van der Waals surface area contributed by atoms with Crippen molar-refractivity contribution in [1.29, 1.82) is 0 Å². The van der Waals surface area contributed by atoms with Crippen LogP contribution >= 0.6 is 0 Å². The van der Waals surface area contributed by atoms with E-state index in [1.807, 2.05) is 19.9 Å². The van der Waals surface area contributed by atoms with Crippen molar-refractivity contribution < 1.29 is 22.4 Å². The summed E-state index contributed by atoms with van der Waals surface area (Å²) in [7, 11) is 0. The molecule has 0 amide bonds. The predicted molar refractivity (Wildman–Crippen MR) is 137 cm³/mol. The summed E-state index contributed by atoms with van der Waals surface area (Å²) in [4.78, 5) is 4.96. The number of nitrogens with zero attached hydrogens (tertiary/aromatic N) is 3. The Morgan fingerprint density at radius 2 is 1.81 bits per heavy atom. The first kappa shape index (κ1) is 25.2. The first-order chi connectivity index (χ1) is 17.4. The number of hydrogen-bond acceptors (Lipinski definition) is 5. The highest BCUT2D eigenvalue weighted by atomic mass is 19.4. The maximum Gasteiger partial charge on any atom is 0.573 e. The third kappa shape index (κ3) is 5.31. The summed E-state index contributed by atoms with van der Waals surface area (Å²) in [6.07, 6.45) is -1.54. The lowest BCUT2D eigenvalue weighted by molar-refractivity contribution is -0.274. The monoisotopic (exact) mass is 512 g/mol. The largest absolute Gasteiger partial charge is 0.573 e. The van der Waals surface area contributed by atoms with Gasteiger partial charge < -0.3 is 19.1 Å². The number of imidazole rings is 1. The molecule has 1 aliphatic carbocycles. The van der Waals surface area contributed by atoms with E-state index < -0.39 is 6.36 Å². The third-order valence-corrected chi connectivity index (χ3v) is 7.08. The molecule has 4 aromatic rings. The number of aryl methyl sites for hydroxylation is 2. The first-order valence-corrected chi connectivity index (χ1v) is 12.5. The summed E-state index contributed by atoms with van der Waals surface area (Å²) in [5.74, 6) is 1.70.